The smallest absolute Gasteiger partial charge is 0.186 e. The largest absolute Gasteiger partial charge is 0.289 e. The Hall–Kier alpha value is -2.46. The zero-order valence-electron chi connectivity index (χ0n) is 12.5. The first-order chi connectivity index (χ1) is 10.6. The molecule has 0 atom stereocenters. The molecule has 0 bridgehead atoms. The van der Waals surface area contributed by atoms with Gasteiger partial charge in [-0.1, -0.05) is 18.2 Å². The lowest BCUT2D eigenvalue weighted by Gasteiger charge is -1.98. The lowest BCUT2D eigenvalue weighted by molar-refractivity contribution is 0.104. The average molecular weight is 308 g/mol. The molecule has 0 N–H and O–H groups in total. The van der Waals surface area contributed by atoms with Gasteiger partial charge in [-0.25, -0.2) is 4.68 Å². The molecule has 0 aliphatic heterocycles. The highest BCUT2D eigenvalue weighted by molar-refractivity contribution is 7.12. The SMILES string of the molecule is Cc1cc(C(=O)/C=C/c2cnn(-c3ccccc3)c2)c(C)s1. The van der Waals surface area contributed by atoms with Gasteiger partial charge in [-0.2, -0.15) is 5.10 Å². The molecule has 1 aromatic carbocycles. The van der Waals surface area contributed by atoms with Crippen LogP contribution in [0, 0.1) is 13.8 Å². The second-order valence-corrected chi connectivity index (χ2v) is 6.54. The number of carbonyl (C=O) groups is 1. The minimum Gasteiger partial charge on any atom is -0.289 e. The maximum absolute atomic E-state index is 12.2. The Morgan fingerprint density at radius 2 is 2.00 bits per heavy atom. The predicted octanol–water partition coefficient (Wildman–Crippen LogP) is 4.45. The lowest BCUT2D eigenvalue weighted by Crippen LogP contribution is -1.93. The van der Waals surface area contributed by atoms with Gasteiger partial charge in [-0.05, 0) is 44.2 Å². The van der Waals surface area contributed by atoms with Crippen molar-refractivity contribution in [1.82, 2.24) is 9.78 Å². The van der Waals surface area contributed by atoms with Crippen molar-refractivity contribution in [3.8, 4) is 5.69 Å². The summed E-state index contributed by atoms with van der Waals surface area (Å²) in [4.78, 5) is 14.4. The molecule has 0 fully saturated rings. The van der Waals surface area contributed by atoms with Gasteiger partial charge in [-0.3, -0.25) is 4.79 Å². The van der Waals surface area contributed by atoms with Crippen LogP contribution in [-0.4, -0.2) is 15.6 Å². The fourth-order valence-corrected chi connectivity index (χ4v) is 3.21. The first-order valence-corrected chi connectivity index (χ1v) is 7.84. The van der Waals surface area contributed by atoms with Crippen molar-refractivity contribution in [2.24, 2.45) is 0 Å². The van der Waals surface area contributed by atoms with E-state index < -0.39 is 0 Å². The topological polar surface area (TPSA) is 34.9 Å². The van der Waals surface area contributed by atoms with Gasteiger partial charge in [0.15, 0.2) is 5.78 Å². The van der Waals surface area contributed by atoms with Gasteiger partial charge in [0.2, 0.25) is 0 Å². The van der Waals surface area contributed by atoms with Gasteiger partial charge in [0.25, 0.3) is 0 Å². The molecule has 2 heterocycles. The van der Waals surface area contributed by atoms with E-state index in [0.717, 1.165) is 26.6 Å². The van der Waals surface area contributed by atoms with Crippen LogP contribution in [0.1, 0.15) is 25.7 Å². The fraction of sp³-hybridized carbons (Fsp3) is 0.111. The summed E-state index contributed by atoms with van der Waals surface area (Å²) in [7, 11) is 0. The summed E-state index contributed by atoms with van der Waals surface area (Å²) >= 11 is 1.65. The molecule has 0 amide bonds. The van der Waals surface area contributed by atoms with Crippen molar-refractivity contribution in [3.05, 3.63) is 75.7 Å². The highest BCUT2D eigenvalue weighted by Crippen LogP contribution is 2.21. The summed E-state index contributed by atoms with van der Waals surface area (Å²) in [6, 6.07) is 11.8. The van der Waals surface area contributed by atoms with Crippen molar-refractivity contribution in [1.29, 1.82) is 0 Å². The Morgan fingerprint density at radius 1 is 1.23 bits per heavy atom. The van der Waals surface area contributed by atoms with E-state index in [-0.39, 0.29) is 5.78 Å². The van der Waals surface area contributed by atoms with E-state index in [2.05, 4.69) is 5.10 Å². The van der Waals surface area contributed by atoms with Crippen LogP contribution in [0.25, 0.3) is 11.8 Å². The van der Waals surface area contributed by atoms with E-state index in [9.17, 15) is 4.79 Å². The number of aromatic nitrogens is 2. The number of hydrogen-bond donors (Lipinski definition) is 0. The van der Waals surface area contributed by atoms with Crippen LogP contribution >= 0.6 is 11.3 Å². The molecule has 3 aromatic rings. The zero-order valence-corrected chi connectivity index (χ0v) is 13.3. The number of allylic oxidation sites excluding steroid dienone is 1. The third-order valence-electron chi connectivity index (χ3n) is 3.36. The van der Waals surface area contributed by atoms with E-state index in [1.807, 2.05) is 56.4 Å². The average Bonchev–Trinajstić information content (AvgIpc) is 3.12. The molecule has 0 aliphatic carbocycles. The third kappa shape index (κ3) is 3.07. The van der Waals surface area contributed by atoms with E-state index in [0.29, 0.717) is 0 Å². The van der Waals surface area contributed by atoms with E-state index in [1.54, 1.807) is 34.4 Å². The molecule has 0 spiro atoms. The Morgan fingerprint density at radius 3 is 2.68 bits per heavy atom. The number of carbonyl (C=O) groups excluding carboxylic acids is 1. The van der Waals surface area contributed by atoms with Crippen molar-refractivity contribution < 1.29 is 4.79 Å². The highest BCUT2D eigenvalue weighted by Gasteiger charge is 2.09. The van der Waals surface area contributed by atoms with Crippen molar-refractivity contribution in [3.63, 3.8) is 0 Å². The van der Waals surface area contributed by atoms with E-state index in [4.69, 9.17) is 0 Å². The van der Waals surface area contributed by atoms with Crippen LogP contribution in [0.5, 0.6) is 0 Å². The molecule has 2 aromatic heterocycles. The highest BCUT2D eigenvalue weighted by atomic mass is 32.1. The second-order valence-electron chi connectivity index (χ2n) is 5.08. The summed E-state index contributed by atoms with van der Waals surface area (Å²) in [5.41, 5.74) is 2.69. The summed E-state index contributed by atoms with van der Waals surface area (Å²) < 4.78 is 1.80. The Kier molecular flexibility index (Phi) is 4.02. The van der Waals surface area contributed by atoms with Crippen LogP contribution in [0.4, 0.5) is 0 Å². The molecule has 0 saturated heterocycles. The molecule has 110 valence electrons. The number of ketones is 1. The monoisotopic (exact) mass is 308 g/mol. The molecular formula is C18H16N2OS. The number of thiophene rings is 1. The van der Waals surface area contributed by atoms with E-state index in [1.165, 1.54) is 0 Å². The standard InChI is InChI=1S/C18H16N2OS/c1-13-10-17(14(2)22-13)18(21)9-8-15-11-19-20(12-15)16-6-4-3-5-7-16/h3-12H,1-2H3/b9-8+. The minimum atomic E-state index is 0.0364. The predicted molar refractivity (Wildman–Crippen MR) is 90.7 cm³/mol. The van der Waals surface area contributed by atoms with Crippen LogP contribution < -0.4 is 0 Å². The molecule has 4 heteroatoms. The number of rotatable bonds is 4. The Balaban J connectivity index is 1.78. The summed E-state index contributed by atoms with van der Waals surface area (Å²) in [5.74, 6) is 0.0364. The van der Waals surface area contributed by atoms with Crippen LogP contribution in [-0.2, 0) is 0 Å². The van der Waals surface area contributed by atoms with Crippen LogP contribution in [0.2, 0.25) is 0 Å². The van der Waals surface area contributed by atoms with Gasteiger partial charge >= 0.3 is 0 Å². The lowest BCUT2D eigenvalue weighted by atomic mass is 10.1. The van der Waals surface area contributed by atoms with Crippen molar-refractivity contribution >= 4 is 23.2 Å². The van der Waals surface area contributed by atoms with Gasteiger partial charge in [0.1, 0.15) is 0 Å². The maximum atomic E-state index is 12.2. The zero-order chi connectivity index (χ0) is 15.5. The number of para-hydroxylation sites is 1. The number of nitrogens with zero attached hydrogens (tertiary/aromatic N) is 2. The van der Waals surface area contributed by atoms with E-state index >= 15 is 0 Å². The van der Waals surface area contributed by atoms with Gasteiger partial charge in [0.05, 0.1) is 11.9 Å². The Labute approximate surface area is 133 Å². The third-order valence-corrected chi connectivity index (χ3v) is 4.32. The Bertz CT molecular complexity index is 828. The summed E-state index contributed by atoms with van der Waals surface area (Å²) in [6.45, 7) is 3.99. The summed E-state index contributed by atoms with van der Waals surface area (Å²) in [6.07, 6.45) is 7.08. The molecule has 0 unspecified atom stereocenters. The summed E-state index contributed by atoms with van der Waals surface area (Å²) in [5, 5.41) is 4.31. The fourth-order valence-electron chi connectivity index (χ4n) is 2.28. The van der Waals surface area contributed by atoms with Crippen LogP contribution in [0.3, 0.4) is 0 Å². The number of hydrogen-bond acceptors (Lipinski definition) is 3. The van der Waals surface area contributed by atoms with Crippen molar-refractivity contribution in [2.45, 2.75) is 13.8 Å². The molecular weight excluding hydrogens is 292 g/mol. The first-order valence-electron chi connectivity index (χ1n) is 7.03. The number of aryl methyl sites for hydroxylation is 2. The van der Waals surface area contributed by atoms with Gasteiger partial charge < -0.3 is 0 Å². The molecule has 0 saturated carbocycles. The molecule has 3 nitrogen and oxygen atoms in total. The molecule has 3 rings (SSSR count). The first kappa shape index (κ1) is 14.5. The molecule has 0 aliphatic rings. The molecule has 0 radical (unpaired) electrons. The number of benzene rings is 1. The quantitative estimate of drug-likeness (QED) is 0.527. The van der Waals surface area contributed by atoms with Crippen LogP contribution in [0.15, 0.2) is 54.9 Å². The maximum Gasteiger partial charge on any atom is 0.186 e. The minimum absolute atomic E-state index is 0.0364. The van der Waals surface area contributed by atoms with Gasteiger partial charge in [-0.15, -0.1) is 11.3 Å². The normalized spacial score (nSPS) is 11.2. The van der Waals surface area contributed by atoms with Crippen molar-refractivity contribution in [2.75, 3.05) is 0 Å². The second kappa shape index (κ2) is 6.12. The molecule has 22 heavy (non-hydrogen) atoms. The van der Waals surface area contributed by atoms with Gasteiger partial charge in [0, 0.05) is 27.1 Å².